The third-order valence-corrected chi connectivity index (χ3v) is 3.01. The number of rotatable bonds is 4. The fourth-order valence-corrected chi connectivity index (χ4v) is 1.88. The van der Waals surface area contributed by atoms with E-state index in [0.717, 1.165) is 11.1 Å². The van der Waals surface area contributed by atoms with Crippen LogP contribution in [-0.2, 0) is 6.54 Å². The zero-order chi connectivity index (χ0) is 13.8. The number of hydrogen-bond donors (Lipinski definition) is 2. The molecule has 5 heteroatoms. The first-order valence-electron chi connectivity index (χ1n) is 5.76. The number of carboxylic acid groups (broad SMARTS) is 1. The minimum absolute atomic E-state index is 0.109. The van der Waals surface area contributed by atoms with E-state index in [1.807, 2.05) is 31.2 Å². The summed E-state index contributed by atoms with van der Waals surface area (Å²) in [6.45, 7) is 2.50. The van der Waals surface area contributed by atoms with E-state index in [2.05, 4.69) is 10.3 Å². The highest BCUT2D eigenvalue weighted by molar-refractivity contribution is 6.29. The van der Waals surface area contributed by atoms with Crippen LogP contribution in [0.1, 0.15) is 21.5 Å². The molecule has 2 N–H and O–H groups in total. The highest BCUT2D eigenvalue weighted by Gasteiger charge is 2.12. The van der Waals surface area contributed by atoms with Gasteiger partial charge in [0.2, 0.25) is 0 Å². The van der Waals surface area contributed by atoms with E-state index in [9.17, 15) is 4.79 Å². The van der Waals surface area contributed by atoms with E-state index in [1.54, 1.807) is 0 Å². The molecule has 98 valence electrons. The predicted octanol–water partition coefficient (Wildman–Crippen LogP) is 3.35. The largest absolute Gasteiger partial charge is 0.478 e. The van der Waals surface area contributed by atoms with Crippen LogP contribution in [0.2, 0.25) is 5.15 Å². The molecule has 0 aliphatic carbocycles. The third kappa shape index (κ3) is 3.23. The lowest BCUT2D eigenvalue weighted by molar-refractivity contribution is 0.0697. The Morgan fingerprint density at radius 3 is 2.74 bits per heavy atom. The molecule has 0 saturated heterocycles. The summed E-state index contributed by atoms with van der Waals surface area (Å²) in [5.74, 6) is -0.750. The van der Waals surface area contributed by atoms with Crippen LogP contribution in [0.3, 0.4) is 0 Å². The third-order valence-electron chi connectivity index (χ3n) is 2.80. The van der Waals surface area contributed by atoms with Gasteiger partial charge in [-0.3, -0.25) is 0 Å². The van der Waals surface area contributed by atoms with Crippen molar-refractivity contribution in [1.82, 2.24) is 4.98 Å². The van der Waals surface area contributed by atoms with Crippen molar-refractivity contribution >= 4 is 23.4 Å². The first-order chi connectivity index (χ1) is 9.08. The van der Waals surface area contributed by atoms with Gasteiger partial charge in [0.1, 0.15) is 16.5 Å². The lowest BCUT2D eigenvalue weighted by atomic mass is 10.1. The van der Waals surface area contributed by atoms with Gasteiger partial charge in [-0.25, -0.2) is 9.78 Å². The van der Waals surface area contributed by atoms with Crippen LogP contribution in [0.25, 0.3) is 0 Å². The number of pyridine rings is 1. The van der Waals surface area contributed by atoms with Crippen LogP contribution in [0.15, 0.2) is 36.4 Å². The molecule has 1 aromatic heterocycles. The number of carbonyl (C=O) groups is 1. The quantitative estimate of drug-likeness (QED) is 0.841. The Bertz CT molecular complexity index is 614. The van der Waals surface area contributed by atoms with Crippen LogP contribution in [0.4, 0.5) is 5.82 Å². The summed E-state index contributed by atoms with van der Waals surface area (Å²) in [7, 11) is 0. The number of aromatic nitrogens is 1. The monoisotopic (exact) mass is 276 g/mol. The molecule has 0 amide bonds. The Labute approximate surface area is 116 Å². The van der Waals surface area contributed by atoms with Crippen molar-refractivity contribution in [2.75, 3.05) is 5.32 Å². The first kappa shape index (κ1) is 13.4. The predicted molar refractivity (Wildman–Crippen MR) is 74.7 cm³/mol. The Hall–Kier alpha value is -2.07. The van der Waals surface area contributed by atoms with Crippen molar-refractivity contribution < 1.29 is 9.90 Å². The Morgan fingerprint density at radius 1 is 1.32 bits per heavy atom. The molecule has 0 unspecified atom stereocenters. The lowest BCUT2D eigenvalue weighted by Crippen LogP contribution is -2.09. The topological polar surface area (TPSA) is 62.2 Å². The van der Waals surface area contributed by atoms with E-state index in [1.165, 1.54) is 12.1 Å². The maximum Gasteiger partial charge on any atom is 0.339 e. The fourth-order valence-electron chi connectivity index (χ4n) is 1.73. The Morgan fingerprint density at radius 2 is 2.05 bits per heavy atom. The van der Waals surface area contributed by atoms with Crippen molar-refractivity contribution in [2.45, 2.75) is 13.5 Å². The summed E-state index contributed by atoms with van der Waals surface area (Å²) in [6, 6.07) is 10.8. The van der Waals surface area contributed by atoms with Crippen LogP contribution in [-0.4, -0.2) is 16.1 Å². The van der Waals surface area contributed by atoms with Gasteiger partial charge >= 0.3 is 5.97 Å². The molecule has 0 radical (unpaired) electrons. The molecule has 0 spiro atoms. The average Bonchev–Trinajstić information content (AvgIpc) is 2.37. The zero-order valence-corrected chi connectivity index (χ0v) is 11.1. The molecule has 1 aromatic carbocycles. The molecule has 0 atom stereocenters. The van der Waals surface area contributed by atoms with Crippen molar-refractivity contribution in [3.05, 3.63) is 58.2 Å². The minimum Gasteiger partial charge on any atom is -0.478 e. The van der Waals surface area contributed by atoms with Crippen LogP contribution in [0.5, 0.6) is 0 Å². The summed E-state index contributed by atoms with van der Waals surface area (Å²) >= 11 is 5.79. The van der Waals surface area contributed by atoms with E-state index < -0.39 is 5.97 Å². The molecule has 2 aromatic rings. The van der Waals surface area contributed by atoms with Gasteiger partial charge in [-0.1, -0.05) is 35.9 Å². The van der Waals surface area contributed by atoms with Crippen LogP contribution >= 0.6 is 11.6 Å². The SMILES string of the molecule is Cc1ccccc1CNc1nc(Cl)ccc1C(=O)O. The summed E-state index contributed by atoms with van der Waals surface area (Å²) in [5.41, 5.74) is 2.33. The first-order valence-corrected chi connectivity index (χ1v) is 6.14. The number of halogens is 1. The molecular weight excluding hydrogens is 264 g/mol. The van der Waals surface area contributed by atoms with E-state index in [-0.39, 0.29) is 16.5 Å². The summed E-state index contributed by atoms with van der Waals surface area (Å²) in [5, 5.41) is 12.4. The molecular formula is C14H13ClN2O2. The summed E-state index contributed by atoms with van der Waals surface area (Å²) in [4.78, 5) is 15.1. The maximum atomic E-state index is 11.1. The number of carboxylic acids is 1. The highest BCUT2D eigenvalue weighted by atomic mass is 35.5. The fraction of sp³-hybridized carbons (Fsp3) is 0.143. The maximum absolute atomic E-state index is 11.1. The summed E-state index contributed by atoms with van der Waals surface area (Å²) < 4.78 is 0. The summed E-state index contributed by atoms with van der Waals surface area (Å²) in [6.07, 6.45) is 0. The lowest BCUT2D eigenvalue weighted by Gasteiger charge is -2.10. The van der Waals surface area contributed by atoms with Gasteiger partial charge in [0.25, 0.3) is 0 Å². The number of hydrogen-bond acceptors (Lipinski definition) is 3. The van der Waals surface area contributed by atoms with Gasteiger partial charge in [0.15, 0.2) is 0 Å². The van der Waals surface area contributed by atoms with E-state index >= 15 is 0 Å². The molecule has 0 saturated carbocycles. The Kier molecular flexibility index (Phi) is 4.02. The van der Waals surface area contributed by atoms with Crippen LogP contribution in [0, 0.1) is 6.92 Å². The van der Waals surface area contributed by atoms with Crippen molar-refractivity contribution in [1.29, 1.82) is 0 Å². The molecule has 0 fully saturated rings. The smallest absolute Gasteiger partial charge is 0.339 e. The molecule has 2 rings (SSSR count). The normalized spacial score (nSPS) is 10.2. The number of anilines is 1. The molecule has 4 nitrogen and oxygen atoms in total. The van der Waals surface area contributed by atoms with E-state index in [0.29, 0.717) is 6.54 Å². The molecule has 0 bridgehead atoms. The zero-order valence-electron chi connectivity index (χ0n) is 10.4. The van der Waals surface area contributed by atoms with Gasteiger partial charge in [-0.15, -0.1) is 0 Å². The van der Waals surface area contributed by atoms with E-state index in [4.69, 9.17) is 16.7 Å². The van der Waals surface area contributed by atoms with Crippen LogP contribution < -0.4 is 5.32 Å². The number of benzene rings is 1. The minimum atomic E-state index is -1.03. The number of nitrogens with one attached hydrogen (secondary N) is 1. The van der Waals surface area contributed by atoms with Gasteiger partial charge < -0.3 is 10.4 Å². The Balaban J connectivity index is 2.22. The van der Waals surface area contributed by atoms with Crippen molar-refractivity contribution in [3.63, 3.8) is 0 Å². The second kappa shape index (κ2) is 5.71. The number of aromatic carboxylic acids is 1. The molecule has 19 heavy (non-hydrogen) atoms. The standard InChI is InChI=1S/C14H13ClN2O2/c1-9-4-2-3-5-10(9)8-16-13-11(14(18)19)6-7-12(15)17-13/h2-7H,8H2,1H3,(H,16,17)(H,18,19). The van der Waals surface area contributed by atoms with Crippen molar-refractivity contribution in [3.8, 4) is 0 Å². The molecule has 0 aliphatic rings. The second-order valence-corrected chi connectivity index (χ2v) is 4.50. The number of nitrogens with zero attached hydrogens (tertiary/aromatic N) is 1. The van der Waals surface area contributed by atoms with Gasteiger partial charge in [-0.05, 0) is 30.2 Å². The molecule has 0 aliphatic heterocycles. The van der Waals surface area contributed by atoms with Crippen molar-refractivity contribution in [2.24, 2.45) is 0 Å². The van der Waals surface area contributed by atoms with Gasteiger partial charge in [-0.2, -0.15) is 0 Å². The number of aryl methyl sites for hydroxylation is 1. The highest BCUT2D eigenvalue weighted by Crippen LogP contribution is 2.18. The van der Waals surface area contributed by atoms with Gasteiger partial charge in [0, 0.05) is 6.54 Å². The van der Waals surface area contributed by atoms with Gasteiger partial charge in [0.05, 0.1) is 0 Å². The second-order valence-electron chi connectivity index (χ2n) is 4.12. The molecule has 1 heterocycles. The average molecular weight is 277 g/mol.